The van der Waals surface area contributed by atoms with Gasteiger partial charge >= 0.3 is 0 Å². The van der Waals surface area contributed by atoms with Gasteiger partial charge in [0, 0.05) is 44.4 Å². The standard InChI is InChI=1S/C21H25N7O2/c1-15(12-23-14-22-3)17-5-6-18(24-13-17)25-19(29)7-8-21(30)27-9-4-10-28-20(27)11-16(2)26-28/h5-6,11-14H,3-4,7-10H2,1-2H3,(H,24,25,29)/b15-12+,23-14?. The van der Waals surface area contributed by atoms with Crippen LogP contribution in [-0.4, -0.2) is 46.2 Å². The Balaban J connectivity index is 1.52. The molecule has 0 aromatic carbocycles. The van der Waals surface area contributed by atoms with E-state index in [0.29, 0.717) is 12.4 Å². The fraction of sp³-hybridized carbons (Fsp3) is 0.333. The smallest absolute Gasteiger partial charge is 0.228 e. The molecule has 1 aliphatic heterocycles. The minimum Gasteiger partial charge on any atom is -0.311 e. The second kappa shape index (κ2) is 9.73. The summed E-state index contributed by atoms with van der Waals surface area (Å²) in [5.41, 5.74) is 2.66. The molecule has 2 amide bonds. The summed E-state index contributed by atoms with van der Waals surface area (Å²) in [4.78, 5) is 38.3. The lowest BCUT2D eigenvalue weighted by Crippen LogP contribution is -2.37. The molecule has 0 aliphatic carbocycles. The van der Waals surface area contributed by atoms with E-state index in [4.69, 9.17) is 0 Å². The molecule has 0 unspecified atom stereocenters. The lowest BCUT2D eigenvalue weighted by atomic mass is 10.1. The molecule has 30 heavy (non-hydrogen) atoms. The van der Waals surface area contributed by atoms with E-state index in [1.165, 1.54) is 6.34 Å². The molecule has 156 valence electrons. The van der Waals surface area contributed by atoms with Gasteiger partial charge in [0.25, 0.3) is 0 Å². The van der Waals surface area contributed by atoms with Gasteiger partial charge in [0.15, 0.2) is 0 Å². The van der Waals surface area contributed by atoms with E-state index >= 15 is 0 Å². The number of hydrogen-bond acceptors (Lipinski definition) is 5. The van der Waals surface area contributed by atoms with Crippen LogP contribution in [0.4, 0.5) is 11.6 Å². The molecule has 3 heterocycles. The summed E-state index contributed by atoms with van der Waals surface area (Å²) in [5.74, 6) is 0.911. The van der Waals surface area contributed by atoms with Gasteiger partial charge in [-0.05, 0) is 50.3 Å². The van der Waals surface area contributed by atoms with E-state index in [0.717, 1.165) is 35.6 Å². The third kappa shape index (κ3) is 5.25. The molecule has 1 N–H and O–H groups in total. The summed E-state index contributed by atoms with van der Waals surface area (Å²) in [6.45, 7) is 8.58. The van der Waals surface area contributed by atoms with Crippen molar-refractivity contribution in [3.05, 3.63) is 41.9 Å². The van der Waals surface area contributed by atoms with E-state index in [-0.39, 0.29) is 24.7 Å². The Morgan fingerprint density at radius 1 is 1.30 bits per heavy atom. The first kappa shape index (κ1) is 21.1. The van der Waals surface area contributed by atoms with Crippen LogP contribution in [0.25, 0.3) is 5.57 Å². The molecule has 0 saturated carbocycles. The quantitative estimate of drug-likeness (QED) is 0.563. The van der Waals surface area contributed by atoms with Crippen molar-refractivity contribution in [3.63, 3.8) is 0 Å². The molecule has 9 heteroatoms. The van der Waals surface area contributed by atoms with Crippen LogP contribution in [-0.2, 0) is 16.1 Å². The fourth-order valence-electron chi connectivity index (χ4n) is 3.19. The topological polar surface area (TPSA) is 105 Å². The molecule has 2 aromatic rings. The van der Waals surface area contributed by atoms with Crippen LogP contribution in [0.1, 0.15) is 37.4 Å². The number of aromatic nitrogens is 3. The van der Waals surface area contributed by atoms with Gasteiger partial charge in [-0.2, -0.15) is 5.10 Å². The predicted molar refractivity (Wildman–Crippen MR) is 118 cm³/mol. The number of hydrogen-bond donors (Lipinski definition) is 1. The maximum Gasteiger partial charge on any atom is 0.228 e. The Labute approximate surface area is 175 Å². The molecule has 1 aliphatic rings. The highest BCUT2D eigenvalue weighted by Gasteiger charge is 2.24. The number of carbonyl (C=O) groups is 2. The first-order valence-corrected chi connectivity index (χ1v) is 9.73. The highest BCUT2D eigenvalue weighted by molar-refractivity contribution is 5.97. The molecule has 0 atom stereocenters. The SMILES string of the molecule is C=NC=N/C=C(\C)c1ccc(NC(=O)CCC(=O)N2CCCn3nc(C)cc32)nc1. The second-order valence-corrected chi connectivity index (χ2v) is 7.01. The van der Waals surface area contributed by atoms with Crippen LogP contribution in [0.3, 0.4) is 0 Å². The normalized spacial score (nSPS) is 13.9. The van der Waals surface area contributed by atoms with Crippen LogP contribution < -0.4 is 10.2 Å². The Bertz CT molecular complexity index is 989. The number of anilines is 2. The average Bonchev–Trinajstić information content (AvgIpc) is 3.12. The van der Waals surface area contributed by atoms with Gasteiger partial charge in [0.1, 0.15) is 18.0 Å². The van der Waals surface area contributed by atoms with Crippen molar-refractivity contribution in [2.24, 2.45) is 9.98 Å². The van der Waals surface area contributed by atoms with Crippen LogP contribution in [0.15, 0.2) is 40.6 Å². The third-order valence-corrected chi connectivity index (χ3v) is 4.68. The number of carbonyl (C=O) groups excluding carboxylic acids is 2. The number of allylic oxidation sites excluding steroid dienone is 1. The number of amides is 2. The monoisotopic (exact) mass is 407 g/mol. The number of nitrogens with one attached hydrogen (secondary N) is 1. The van der Waals surface area contributed by atoms with E-state index in [1.54, 1.807) is 23.4 Å². The lowest BCUT2D eigenvalue weighted by molar-refractivity contribution is -0.122. The summed E-state index contributed by atoms with van der Waals surface area (Å²) in [7, 11) is 0. The number of aryl methyl sites for hydroxylation is 2. The fourth-order valence-corrected chi connectivity index (χ4v) is 3.19. The van der Waals surface area contributed by atoms with Gasteiger partial charge in [-0.1, -0.05) is 0 Å². The van der Waals surface area contributed by atoms with Gasteiger partial charge in [0.2, 0.25) is 11.8 Å². The van der Waals surface area contributed by atoms with E-state index in [1.807, 2.05) is 30.7 Å². The van der Waals surface area contributed by atoms with Crippen molar-refractivity contribution >= 4 is 42.1 Å². The molecule has 3 rings (SSSR count). The highest BCUT2D eigenvalue weighted by atomic mass is 16.2. The van der Waals surface area contributed by atoms with Gasteiger partial charge in [-0.3, -0.25) is 19.5 Å². The first-order valence-electron chi connectivity index (χ1n) is 9.73. The average molecular weight is 407 g/mol. The molecule has 2 aromatic heterocycles. The molecule has 0 fully saturated rings. The zero-order valence-electron chi connectivity index (χ0n) is 17.2. The van der Waals surface area contributed by atoms with Crippen molar-refractivity contribution in [2.75, 3.05) is 16.8 Å². The van der Waals surface area contributed by atoms with E-state index in [9.17, 15) is 9.59 Å². The summed E-state index contributed by atoms with van der Waals surface area (Å²) >= 11 is 0. The molecule has 0 bridgehead atoms. The molecule has 0 saturated heterocycles. The first-order chi connectivity index (χ1) is 14.5. The Kier molecular flexibility index (Phi) is 6.84. The number of fused-ring (bicyclic) bond motifs is 1. The van der Waals surface area contributed by atoms with Crippen molar-refractivity contribution in [3.8, 4) is 0 Å². The lowest BCUT2D eigenvalue weighted by Gasteiger charge is -2.27. The molecule has 9 nitrogen and oxygen atoms in total. The predicted octanol–water partition coefficient (Wildman–Crippen LogP) is 2.83. The number of rotatable bonds is 7. The number of aliphatic imine (C=N–C) groups is 2. The second-order valence-electron chi connectivity index (χ2n) is 7.01. The largest absolute Gasteiger partial charge is 0.311 e. The summed E-state index contributed by atoms with van der Waals surface area (Å²) in [5, 5.41) is 7.12. The maximum atomic E-state index is 12.6. The Hall–Kier alpha value is -3.62. The highest BCUT2D eigenvalue weighted by Crippen LogP contribution is 2.22. The third-order valence-electron chi connectivity index (χ3n) is 4.68. The van der Waals surface area contributed by atoms with Crippen LogP contribution in [0.5, 0.6) is 0 Å². The van der Waals surface area contributed by atoms with Crippen molar-refractivity contribution in [2.45, 2.75) is 39.7 Å². The van der Waals surface area contributed by atoms with Gasteiger partial charge in [0.05, 0.1) is 5.69 Å². The van der Waals surface area contributed by atoms with Gasteiger partial charge in [-0.15, -0.1) is 0 Å². The van der Waals surface area contributed by atoms with E-state index < -0.39 is 0 Å². The van der Waals surface area contributed by atoms with Crippen LogP contribution in [0.2, 0.25) is 0 Å². The molecule has 0 radical (unpaired) electrons. The van der Waals surface area contributed by atoms with Crippen molar-refractivity contribution in [1.82, 2.24) is 14.8 Å². The molecular formula is C21H25N7O2. The van der Waals surface area contributed by atoms with E-state index in [2.05, 4.69) is 32.1 Å². The Morgan fingerprint density at radius 2 is 2.13 bits per heavy atom. The zero-order chi connectivity index (χ0) is 21.5. The van der Waals surface area contributed by atoms with Crippen molar-refractivity contribution < 1.29 is 9.59 Å². The minimum atomic E-state index is -0.251. The summed E-state index contributed by atoms with van der Waals surface area (Å²) < 4.78 is 1.85. The number of nitrogens with zero attached hydrogens (tertiary/aromatic N) is 6. The van der Waals surface area contributed by atoms with Crippen LogP contribution in [0, 0.1) is 6.92 Å². The van der Waals surface area contributed by atoms with Gasteiger partial charge in [-0.25, -0.2) is 14.7 Å². The maximum absolute atomic E-state index is 12.6. The molecule has 0 spiro atoms. The van der Waals surface area contributed by atoms with Crippen LogP contribution >= 0.6 is 0 Å². The molecular weight excluding hydrogens is 382 g/mol. The number of pyridine rings is 1. The summed E-state index contributed by atoms with van der Waals surface area (Å²) in [6.07, 6.45) is 5.74. The summed E-state index contributed by atoms with van der Waals surface area (Å²) in [6, 6.07) is 5.46. The minimum absolute atomic E-state index is 0.0790. The van der Waals surface area contributed by atoms with Gasteiger partial charge < -0.3 is 5.32 Å². The van der Waals surface area contributed by atoms with Crippen molar-refractivity contribution in [1.29, 1.82) is 0 Å². The zero-order valence-corrected chi connectivity index (χ0v) is 17.2. The Morgan fingerprint density at radius 3 is 2.87 bits per heavy atom.